The van der Waals surface area contributed by atoms with E-state index in [-0.39, 0.29) is 11.7 Å². The number of nitrogens with zero attached hydrogens (tertiary/aromatic N) is 1. The van der Waals surface area contributed by atoms with Gasteiger partial charge < -0.3 is 15.0 Å². The quantitative estimate of drug-likeness (QED) is 0.795. The second kappa shape index (κ2) is 7.80. The van der Waals surface area contributed by atoms with Crippen LogP contribution in [0.5, 0.6) is 0 Å². The summed E-state index contributed by atoms with van der Waals surface area (Å²) in [5.41, 5.74) is 2.71. The molecule has 0 aliphatic carbocycles. The number of ether oxygens (including phenoxy) is 1. The zero-order valence-electron chi connectivity index (χ0n) is 13.9. The Bertz CT molecular complexity index is 784. The van der Waals surface area contributed by atoms with Crippen molar-refractivity contribution in [3.63, 3.8) is 0 Å². The van der Waals surface area contributed by atoms with Crippen molar-refractivity contribution in [1.82, 2.24) is 0 Å². The lowest BCUT2D eigenvalue weighted by Gasteiger charge is -2.30. The highest BCUT2D eigenvalue weighted by atomic mass is 79.9. The molecule has 0 bridgehead atoms. The van der Waals surface area contributed by atoms with Gasteiger partial charge in [-0.1, -0.05) is 15.9 Å². The van der Waals surface area contributed by atoms with E-state index in [1.54, 1.807) is 24.3 Å². The van der Waals surface area contributed by atoms with E-state index in [1.807, 2.05) is 18.2 Å². The van der Waals surface area contributed by atoms with Crippen LogP contribution in [0.25, 0.3) is 0 Å². The van der Waals surface area contributed by atoms with E-state index in [9.17, 15) is 9.59 Å². The number of carbonyl (C=O) groups is 2. The van der Waals surface area contributed by atoms with Crippen molar-refractivity contribution in [2.45, 2.75) is 6.92 Å². The van der Waals surface area contributed by atoms with Crippen LogP contribution in [0.4, 0.5) is 11.4 Å². The first-order valence-corrected chi connectivity index (χ1v) is 8.88. The van der Waals surface area contributed by atoms with Crippen LogP contribution >= 0.6 is 15.9 Å². The molecular formula is C19H19BrN2O3. The van der Waals surface area contributed by atoms with Crippen molar-refractivity contribution in [3.05, 3.63) is 58.1 Å². The average Bonchev–Trinajstić information content (AvgIpc) is 2.62. The van der Waals surface area contributed by atoms with Crippen molar-refractivity contribution in [2.75, 3.05) is 36.5 Å². The third-order valence-corrected chi connectivity index (χ3v) is 4.56. The number of hydrogen-bond donors (Lipinski definition) is 1. The highest BCUT2D eigenvalue weighted by Crippen LogP contribution is 2.29. The van der Waals surface area contributed by atoms with Crippen LogP contribution in [-0.2, 0) is 9.53 Å². The Labute approximate surface area is 155 Å². The van der Waals surface area contributed by atoms with Crippen LogP contribution in [0.2, 0.25) is 0 Å². The van der Waals surface area contributed by atoms with Crippen LogP contribution in [0.1, 0.15) is 22.8 Å². The maximum absolute atomic E-state index is 12.7. The standard InChI is InChI=1S/C19H19BrN2O3/c1-13(23)21-17-12-15(19(24)14-2-5-16(20)6-3-14)4-7-18(17)22-8-10-25-11-9-22/h2-7,12H,8-11H2,1H3,(H,21,23). The highest BCUT2D eigenvalue weighted by molar-refractivity contribution is 9.10. The predicted molar refractivity (Wildman–Crippen MR) is 101 cm³/mol. The zero-order valence-corrected chi connectivity index (χ0v) is 15.5. The number of ketones is 1. The maximum Gasteiger partial charge on any atom is 0.221 e. The molecule has 0 unspecified atom stereocenters. The van der Waals surface area contributed by atoms with Gasteiger partial charge >= 0.3 is 0 Å². The van der Waals surface area contributed by atoms with E-state index in [4.69, 9.17) is 4.74 Å². The Morgan fingerprint density at radius 3 is 2.32 bits per heavy atom. The molecule has 1 saturated heterocycles. The predicted octanol–water partition coefficient (Wildman–Crippen LogP) is 3.48. The topological polar surface area (TPSA) is 58.6 Å². The molecule has 5 nitrogen and oxygen atoms in total. The number of anilines is 2. The van der Waals surface area contributed by atoms with Crippen molar-refractivity contribution in [3.8, 4) is 0 Å². The molecule has 0 saturated carbocycles. The van der Waals surface area contributed by atoms with Gasteiger partial charge in [0.05, 0.1) is 24.6 Å². The molecular weight excluding hydrogens is 384 g/mol. The third kappa shape index (κ3) is 4.27. The SMILES string of the molecule is CC(=O)Nc1cc(C(=O)c2ccc(Br)cc2)ccc1N1CCOCC1. The number of halogens is 1. The first-order chi connectivity index (χ1) is 12.0. The van der Waals surface area contributed by atoms with Crippen LogP contribution < -0.4 is 10.2 Å². The fourth-order valence-corrected chi connectivity index (χ4v) is 3.08. The van der Waals surface area contributed by atoms with Crippen molar-refractivity contribution >= 4 is 39.0 Å². The lowest BCUT2D eigenvalue weighted by Crippen LogP contribution is -2.36. The number of nitrogens with one attached hydrogen (secondary N) is 1. The molecule has 2 aromatic rings. The summed E-state index contributed by atoms with van der Waals surface area (Å²) >= 11 is 3.37. The van der Waals surface area contributed by atoms with Crippen molar-refractivity contribution in [1.29, 1.82) is 0 Å². The van der Waals surface area contributed by atoms with Gasteiger partial charge in [0.15, 0.2) is 5.78 Å². The fourth-order valence-electron chi connectivity index (χ4n) is 2.81. The molecule has 1 aliphatic heterocycles. The molecule has 0 aromatic heterocycles. The van der Waals surface area contributed by atoms with Gasteiger partial charge in [0.2, 0.25) is 5.91 Å². The summed E-state index contributed by atoms with van der Waals surface area (Å²) < 4.78 is 6.31. The van der Waals surface area contributed by atoms with Gasteiger partial charge in [-0.25, -0.2) is 0 Å². The van der Waals surface area contributed by atoms with Gasteiger partial charge in [0.25, 0.3) is 0 Å². The first kappa shape index (κ1) is 17.6. The fraction of sp³-hybridized carbons (Fsp3) is 0.263. The summed E-state index contributed by atoms with van der Waals surface area (Å²) in [5, 5.41) is 2.85. The summed E-state index contributed by atoms with van der Waals surface area (Å²) in [6, 6.07) is 12.7. The van der Waals surface area contributed by atoms with E-state index < -0.39 is 0 Å². The van der Waals surface area contributed by atoms with Crippen LogP contribution in [-0.4, -0.2) is 38.0 Å². The molecule has 1 aliphatic rings. The maximum atomic E-state index is 12.7. The molecule has 1 fully saturated rings. The van der Waals surface area contributed by atoms with E-state index in [0.717, 1.165) is 23.2 Å². The monoisotopic (exact) mass is 402 g/mol. The van der Waals surface area contributed by atoms with E-state index >= 15 is 0 Å². The summed E-state index contributed by atoms with van der Waals surface area (Å²) in [5.74, 6) is -0.240. The van der Waals surface area contributed by atoms with Gasteiger partial charge in [-0.15, -0.1) is 0 Å². The largest absolute Gasteiger partial charge is 0.378 e. The third-order valence-electron chi connectivity index (χ3n) is 4.03. The van der Waals surface area contributed by atoms with Crippen molar-refractivity contribution in [2.24, 2.45) is 0 Å². The summed E-state index contributed by atoms with van der Waals surface area (Å²) in [7, 11) is 0. The number of morpholine rings is 1. The highest BCUT2D eigenvalue weighted by Gasteiger charge is 2.18. The molecule has 1 amide bonds. The normalized spacial score (nSPS) is 14.2. The molecule has 25 heavy (non-hydrogen) atoms. The Morgan fingerprint density at radius 2 is 1.68 bits per heavy atom. The molecule has 6 heteroatoms. The lowest BCUT2D eigenvalue weighted by molar-refractivity contribution is -0.114. The number of carbonyl (C=O) groups excluding carboxylic acids is 2. The lowest BCUT2D eigenvalue weighted by atomic mass is 10.0. The molecule has 0 radical (unpaired) electrons. The minimum atomic E-state index is -0.164. The number of amides is 1. The molecule has 3 rings (SSSR count). The smallest absolute Gasteiger partial charge is 0.221 e. The Kier molecular flexibility index (Phi) is 5.50. The summed E-state index contributed by atoms with van der Waals surface area (Å²) in [6.07, 6.45) is 0. The molecule has 130 valence electrons. The Balaban J connectivity index is 1.93. The Morgan fingerprint density at radius 1 is 1.04 bits per heavy atom. The molecule has 1 N–H and O–H groups in total. The minimum absolute atomic E-state index is 0.0763. The van der Waals surface area contributed by atoms with Gasteiger partial charge in [0, 0.05) is 35.6 Å². The van der Waals surface area contributed by atoms with Gasteiger partial charge in [-0.05, 0) is 42.5 Å². The van der Waals surface area contributed by atoms with Crippen LogP contribution in [0, 0.1) is 0 Å². The molecule has 0 atom stereocenters. The van der Waals surface area contributed by atoms with Gasteiger partial charge in [0.1, 0.15) is 0 Å². The minimum Gasteiger partial charge on any atom is -0.378 e. The van der Waals surface area contributed by atoms with Gasteiger partial charge in [-0.2, -0.15) is 0 Å². The average molecular weight is 403 g/mol. The summed E-state index contributed by atoms with van der Waals surface area (Å²) in [4.78, 5) is 26.5. The van der Waals surface area contributed by atoms with E-state index in [2.05, 4.69) is 26.1 Å². The molecule has 1 heterocycles. The molecule has 0 spiro atoms. The Hall–Kier alpha value is -2.18. The number of benzene rings is 2. The molecule has 2 aromatic carbocycles. The number of rotatable bonds is 4. The number of hydrogen-bond acceptors (Lipinski definition) is 4. The van der Waals surface area contributed by atoms with Gasteiger partial charge in [-0.3, -0.25) is 9.59 Å². The first-order valence-electron chi connectivity index (χ1n) is 8.09. The second-order valence-electron chi connectivity index (χ2n) is 5.85. The van der Waals surface area contributed by atoms with E-state index in [1.165, 1.54) is 6.92 Å². The summed E-state index contributed by atoms with van der Waals surface area (Å²) in [6.45, 7) is 4.28. The van der Waals surface area contributed by atoms with Crippen molar-refractivity contribution < 1.29 is 14.3 Å². The van der Waals surface area contributed by atoms with Crippen LogP contribution in [0.3, 0.4) is 0 Å². The van der Waals surface area contributed by atoms with E-state index in [0.29, 0.717) is 30.0 Å². The second-order valence-corrected chi connectivity index (χ2v) is 6.76. The zero-order chi connectivity index (χ0) is 17.8. The van der Waals surface area contributed by atoms with Crippen LogP contribution in [0.15, 0.2) is 46.9 Å².